The second-order valence-corrected chi connectivity index (χ2v) is 2.46. The van der Waals surface area contributed by atoms with Gasteiger partial charge in [-0.05, 0) is 18.2 Å². The van der Waals surface area contributed by atoms with Crippen LogP contribution in [0.3, 0.4) is 0 Å². The maximum Gasteiger partial charge on any atom is 0.335 e. The molecule has 0 spiro atoms. The highest BCUT2D eigenvalue weighted by atomic mass is 19.1. The summed E-state index contributed by atoms with van der Waals surface area (Å²) in [6.45, 7) is -0.392. The first kappa shape index (κ1) is 10.2. The van der Waals surface area contributed by atoms with Gasteiger partial charge in [0, 0.05) is 0 Å². The Balaban J connectivity index is 3.14. The van der Waals surface area contributed by atoms with Crippen molar-refractivity contribution in [1.82, 2.24) is 0 Å². The Hall–Kier alpha value is -1.86. The van der Waals surface area contributed by atoms with Gasteiger partial charge in [0.05, 0.1) is 11.1 Å². The topological polar surface area (TPSA) is 57.5 Å². The Labute approximate surface area is 79.8 Å². The fraction of sp³-hybridized carbons (Fsp3) is 0.100. The predicted octanol–water partition coefficient (Wildman–Crippen LogP) is 0.868. The Kier molecular flexibility index (Phi) is 3.21. The molecule has 0 aliphatic carbocycles. The lowest BCUT2D eigenvalue weighted by atomic mass is 10.1. The van der Waals surface area contributed by atoms with E-state index in [1.54, 1.807) is 0 Å². The molecule has 0 unspecified atom stereocenters. The van der Waals surface area contributed by atoms with E-state index in [0.29, 0.717) is 0 Å². The van der Waals surface area contributed by atoms with Crippen molar-refractivity contribution in [3.8, 4) is 11.8 Å². The highest BCUT2D eigenvalue weighted by Gasteiger charge is 2.06. The molecule has 72 valence electrons. The van der Waals surface area contributed by atoms with Gasteiger partial charge in [-0.25, -0.2) is 9.18 Å². The van der Waals surface area contributed by atoms with Crippen LogP contribution in [0.1, 0.15) is 15.9 Å². The Morgan fingerprint density at radius 3 is 2.79 bits per heavy atom. The standard InChI is InChI=1S/C10H7FO3/c11-9-4-3-8(10(13)14)6-7(9)2-1-5-12/h3-4,6,12H,5H2,(H,13,14). The number of aliphatic hydroxyl groups is 1. The number of carbonyl (C=O) groups is 1. The number of hydrogen-bond donors (Lipinski definition) is 2. The summed E-state index contributed by atoms with van der Waals surface area (Å²) in [6, 6.07) is 3.31. The van der Waals surface area contributed by atoms with Crippen LogP contribution in [-0.4, -0.2) is 22.8 Å². The normalized spacial score (nSPS) is 9.00. The van der Waals surface area contributed by atoms with E-state index in [2.05, 4.69) is 11.8 Å². The van der Waals surface area contributed by atoms with Crippen LogP contribution in [-0.2, 0) is 0 Å². The summed E-state index contributed by atoms with van der Waals surface area (Å²) in [4.78, 5) is 10.5. The molecule has 1 aromatic rings. The SMILES string of the molecule is O=C(O)c1ccc(F)c(C#CCO)c1. The lowest BCUT2D eigenvalue weighted by Crippen LogP contribution is -1.97. The van der Waals surface area contributed by atoms with E-state index < -0.39 is 18.4 Å². The van der Waals surface area contributed by atoms with Gasteiger partial charge >= 0.3 is 5.97 Å². The van der Waals surface area contributed by atoms with E-state index in [0.717, 1.165) is 18.2 Å². The quantitative estimate of drug-likeness (QED) is 0.652. The molecular formula is C10H7FO3. The van der Waals surface area contributed by atoms with Crippen molar-refractivity contribution >= 4 is 5.97 Å². The van der Waals surface area contributed by atoms with Gasteiger partial charge < -0.3 is 10.2 Å². The van der Waals surface area contributed by atoms with Crippen LogP contribution in [0, 0.1) is 17.7 Å². The van der Waals surface area contributed by atoms with Gasteiger partial charge in [-0.3, -0.25) is 0 Å². The molecule has 1 rings (SSSR count). The number of aromatic carboxylic acids is 1. The van der Waals surface area contributed by atoms with Crippen LogP contribution in [0.15, 0.2) is 18.2 Å². The summed E-state index contributed by atoms with van der Waals surface area (Å²) < 4.78 is 13.0. The van der Waals surface area contributed by atoms with Gasteiger partial charge in [-0.15, -0.1) is 0 Å². The molecule has 0 amide bonds. The van der Waals surface area contributed by atoms with Gasteiger partial charge in [0.2, 0.25) is 0 Å². The monoisotopic (exact) mass is 194 g/mol. The first-order chi connectivity index (χ1) is 6.65. The van der Waals surface area contributed by atoms with E-state index in [1.807, 2.05) is 0 Å². The van der Waals surface area contributed by atoms with Crippen LogP contribution in [0.5, 0.6) is 0 Å². The smallest absolute Gasteiger partial charge is 0.335 e. The third-order valence-electron chi connectivity index (χ3n) is 1.52. The second-order valence-electron chi connectivity index (χ2n) is 2.46. The predicted molar refractivity (Wildman–Crippen MR) is 47.3 cm³/mol. The minimum Gasteiger partial charge on any atom is -0.478 e. The molecule has 0 fully saturated rings. The molecule has 0 aliphatic rings. The zero-order valence-corrected chi connectivity index (χ0v) is 7.12. The summed E-state index contributed by atoms with van der Waals surface area (Å²) in [6.07, 6.45) is 0. The number of rotatable bonds is 1. The first-order valence-corrected chi connectivity index (χ1v) is 3.77. The minimum atomic E-state index is -1.14. The number of carboxylic acids is 1. The van der Waals surface area contributed by atoms with E-state index in [9.17, 15) is 9.18 Å². The molecule has 0 aliphatic heterocycles. The molecule has 0 aromatic heterocycles. The van der Waals surface area contributed by atoms with E-state index >= 15 is 0 Å². The second kappa shape index (κ2) is 4.40. The molecule has 0 saturated carbocycles. The zero-order chi connectivity index (χ0) is 10.6. The average Bonchev–Trinajstić information content (AvgIpc) is 2.16. The van der Waals surface area contributed by atoms with Crippen molar-refractivity contribution in [1.29, 1.82) is 0 Å². The number of benzene rings is 1. The van der Waals surface area contributed by atoms with Crippen molar-refractivity contribution in [3.63, 3.8) is 0 Å². The van der Waals surface area contributed by atoms with Gasteiger partial charge in [-0.2, -0.15) is 0 Å². The molecule has 0 saturated heterocycles. The first-order valence-electron chi connectivity index (χ1n) is 3.77. The molecule has 2 N–H and O–H groups in total. The van der Waals surface area contributed by atoms with E-state index in [1.165, 1.54) is 0 Å². The molecule has 3 nitrogen and oxygen atoms in total. The number of halogens is 1. The van der Waals surface area contributed by atoms with E-state index in [-0.39, 0.29) is 11.1 Å². The van der Waals surface area contributed by atoms with Crippen LogP contribution in [0.25, 0.3) is 0 Å². The van der Waals surface area contributed by atoms with Crippen LogP contribution < -0.4 is 0 Å². The minimum absolute atomic E-state index is 0.0287. The van der Waals surface area contributed by atoms with Crippen molar-refractivity contribution in [3.05, 3.63) is 35.1 Å². The Bertz CT molecular complexity index is 415. The average molecular weight is 194 g/mol. The summed E-state index contributed by atoms with van der Waals surface area (Å²) in [5, 5.41) is 17.0. The van der Waals surface area contributed by atoms with Crippen LogP contribution in [0.4, 0.5) is 4.39 Å². The number of carboxylic acid groups (broad SMARTS) is 1. The third kappa shape index (κ3) is 2.31. The highest BCUT2D eigenvalue weighted by Crippen LogP contribution is 2.09. The fourth-order valence-electron chi connectivity index (χ4n) is 0.889. The maximum atomic E-state index is 13.0. The van der Waals surface area contributed by atoms with Crippen molar-refractivity contribution in [2.24, 2.45) is 0 Å². The molecule has 0 radical (unpaired) electrons. The van der Waals surface area contributed by atoms with Gasteiger partial charge in [0.25, 0.3) is 0 Å². The summed E-state index contributed by atoms with van der Waals surface area (Å²) in [7, 11) is 0. The number of aliphatic hydroxyl groups excluding tert-OH is 1. The van der Waals surface area contributed by atoms with E-state index in [4.69, 9.17) is 10.2 Å². The van der Waals surface area contributed by atoms with Crippen LogP contribution >= 0.6 is 0 Å². The third-order valence-corrected chi connectivity index (χ3v) is 1.52. The molecular weight excluding hydrogens is 187 g/mol. The lowest BCUT2D eigenvalue weighted by Gasteiger charge is -1.96. The number of hydrogen-bond acceptors (Lipinski definition) is 2. The largest absolute Gasteiger partial charge is 0.478 e. The Morgan fingerprint density at radius 2 is 2.21 bits per heavy atom. The van der Waals surface area contributed by atoms with Crippen molar-refractivity contribution in [2.45, 2.75) is 0 Å². The van der Waals surface area contributed by atoms with Crippen LogP contribution in [0.2, 0.25) is 0 Å². The van der Waals surface area contributed by atoms with Crippen molar-refractivity contribution in [2.75, 3.05) is 6.61 Å². The molecule has 0 heterocycles. The molecule has 0 bridgehead atoms. The van der Waals surface area contributed by atoms with Crippen molar-refractivity contribution < 1.29 is 19.4 Å². The van der Waals surface area contributed by atoms with Gasteiger partial charge in [0.15, 0.2) is 0 Å². The molecule has 4 heteroatoms. The van der Waals surface area contributed by atoms with Gasteiger partial charge in [0.1, 0.15) is 12.4 Å². The zero-order valence-electron chi connectivity index (χ0n) is 7.12. The lowest BCUT2D eigenvalue weighted by molar-refractivity contribution is 0.0697. The highest BCUT2D eigenvalue weighted by molar-refractivity contribution is 5.88. The summed E-state index contributed by atoms with van der Waals surface area (Å²) >= 11 is 0. The molecule has 0 atom stereocenters. The molecule has 14 heavy (non-hydrogen) atoms. The Morgan fingerprint density at radius 1 is 1.50 bits per heavy atom. The maximum absolute atomic E-state index is 13.0. The van der Waals surface area contributed by atoms with Gasteiger partial charge in [-0.1, -0.05) is 11.8 Å². The fourth-order valence-corrected chi connectivity index (χ4v) is 0.889. The summed E-state index contributed by atoms with van der Waals surface area (Å²) in [5.74, 6) is 2.82. The molecule has 1 aromatic carbocycles. The summed E-state index contributed by atoms with van der Waals surface area (Å²) in [5.41, 5.74) is -0.0624.